The smallest absolute Gasteiger partial charge is 0.475 e. The van der Waals surface area contributed by atoms with E-state index in [2.05, 4.69) is 15.4 Å². The van der Waals surface area contributed by atoms with Crippen molar-refractivity contribution in [2.75, 3.05) is 6.54 Å². The van der Waals surface area contributed by atoms with E-state index in [1.54, 1.807) is 12.3 Å². The van der Waals surface area contributed by atoms with Gasteiger partial charge < -0.3 is 20.1 Å². The molecule has 162 valence electrons. The predicted molar refractivity (Wildman–Crippen MR) is 104 cm³/mol. The number of alkyl halides is 3. The highest BCUT2D eigenvalue weighted by molar-refractivity contribution is 5.78. The molecule has 1 atom stereocenters. The molecule has 0 saturated heterocycles. The van der Waals surface area contributed by atoms with E-state index in [0.29, 0.717) is 11.1 Å². The van der Waals surface area contributed by atoms with Crippen LogP contribution >= 0.6 is 0 Å². The van der Waals surface area contributed by atoms with Gasteiger partial charge in [0.1, 0.15) is 17.5 Å². The molecule has 0 saturated carbocycles. The third-order valence-corrected chi connectivity index (χ3v) is 3.82. The van der Waals surface area contributed by atoms with Gasteiger partial charge in [0, 0.05) is 11.9 Å². The van der Waals surface area contributed by atoms with Gasteiger partial charge in [-0.25, -0.2) is 4.79 Å². The van der Waals surface area contributed by atoms with Crippen LogP contribution in [0.1, 0.15) is 20.8 Å². The van der Waals surface area contributed by atoms with E-state index in [9.17, 15) is 18.0 Å². The number of pyridine rings is 1. The van der Waals surface area contributed by atoms with Crippen LogP contribution in [0, 0.1) is 5.41 Å². The van der Waals surface area contributed by atoms with E-state index < -0.39 is 12.4 Å². The van der Waals surface area contributed by atoms with E-state index in [4.69, 9.17) is 10.1 Å². The molecule has 0 aliphatic carbocycles. The van der Waals surface area contributed by atoms with Crippen molar-refractivity contribution < 1.29 is 27.4 Å². The summed E-state index contributed by atoms with van der Waals surface area (Å²) in [5.41, 5.74) is 1.91. The van der Waals surface area contributed by atoms with E-state index in [-0.39, 0.29) is 24.0 Å². The summed E-state index contributed by atoms with van der Waals surface area (Å²) in [6, 6.07) is 7.73. The van der Waals surface area contributed by atoms with Crippen molar-refractivity contribution in [3.8, 4) is 16.9 Å². The molecule has 1 amide bonds. The lowest BCUT2D eigenvalue weighted by Crippen LogP contribution is -2.42. The van der Waals surface area contributed by atoms with Gasteiger partial charge in [0.15, 0.2) is 6.23 Å². The van der Waals surface area contributed by atoms with Gasteiger partial charge in [0.05, 0.1) is 6.54 Å². The topological polar surface area (TPSA) is 88.4 Å². The van der Waals surface area contributed by atoms with Crippen LogP contribution < -0.4 is 20.9 Å². The van der Waals surface area contributed by atoms with Crippen LogP contribution in [0.4, 0.5) is 18.0 Å². The van der Waals surface area contributed by atoms with Crippen LogP contribution in [-0.4, -0.2) is 29.7 Å². The maximum absolute atomic E-state index is 12.4. The Morgan fingerprint density at radius 3 is 2.40 bits per heavy atom. The number of aromatic nitrogens is 1. The lowest BCUT2D eigenvalue weighted by molar-refractivity contribution is -0.274. The molecule has 0 bridgehead atoms. The SMILES string of the molecule is CC.CC1=COC(CNC(=O)n2cc(-c3ccc(OC(F)(F)F)cc3)ccc2=N)N1. The van der Waals surface area contributed by atoms with Gasteiger partial charge in [-0.05, 0) is 42.3 Å². The number of hydrogen-bond acceptors (Lipinski definition) is 5. The van der Waals surface area contributed by atoms with Gasteiger partial charge in [-0.2, -0.15) is 0 Å². The first-order chi connectivity index (χ1) is 14.2. The molecule has 30 heavy (non-hydrogen) atoms. The summed E-state index contributed by atoms with van der Waals surface area (Å²) < 4.78 is 47.0. The Balaban J connectivity index is 0.00000155. The summed E-state index contributed by atoms with van der Waals surface area (Å²) in [5, 5.41) is 13.6. The molecule has 1 aliphatic rings. The van der Waals surface area contributed by atoms with Gasteiger partial charge in [-0.3, -0.25) is 9.98 Å². The van der Waals surface area contributed by atoms with Crippen LogP contribution in [0.5, 0.6) is 5.75 Å². The van der Waals surface area contributed by atoms with Crippen molar-refractivity contribution in [3.05, 3.63) is 60.0 Å². The molecule has 2 heterocycles. The fraction of sp³-hybridized carbons (Fsp3) is 0.300. The zero-order chi connectivity index (χ0) is 22.3. The second-order valence-electron chi connectivity index (χ2n) is 6.00. The minimum absolute atomic E-state index is 0.0483. The first-order valence-electron chi connectivity index (χ1n) is 9.22. The van der Waals surface area contributed by atoms with Crippen LogP contribution in [0.15, 0.2) is 54.6 Å². The third-order valence-electron chi connectivity index (χ3n) is 3.82. The Morgan fingerprint density at radius 1 is 1.20 bits per heavy atom. The molecule has 7 nitrogen and oxygen atoms in total. The van der Waals surface area contributed by atoms with E-state index in [1.165, 1.54) is 36.5 Å². The van der Waals surface area contributed by atoms with E-state index in [1.807, 2.05) is 20.8 Å². The normalized spacial score (nSPS) is 15.1. The van der Waals surface area contributed by atoms with Crippen LogP contribution in [0.2, 0.25) is 0 Å². The molecule has 10 heteroatoms. The van der Waals surface area contributed by atoms with Gasteiger partial charge >= 0.3 is 12.4 Å². The number of hydrogen-bond donors (Lipinski definition) is 3. The highest BCUT2D eigenvalue weighted by Gasteiger charge is 2.31. The molecule has 1 unspecified atom stereocenters. The second kappa shape index (κ2) is 9.86. The lowest BCUT2D eigenvalue weighted by atomic mass is 10.1. The highest BCUT2D eigenvalue weighted by Crippen LogP contribution is 2.26. The number of nitrogens with one attached hydrogen (secondary N) is 3. The number of amides is 1. The Kier molecular flexibility index (Phi) is 7.51. The van der Waals surface area contributed by atoms with Crippen molar-refractivity contribution in [1.29, 1.82) is 5.41 Å². The van der Waals surface area contributed by atoms with Crippen molar-refractivity contribution in [1.82, 2.24) is 15.2 Å². The number of benzene rings is 1. The zero-order valence-corrected chi connectivity index (χ0v) is 16.7. The minimum atomic E-state index is -4.76. The third kappa shape index (κ3) is 6.29. The number of allylic oxidation sites excluding steroid dienone is 1. The Labute approximate surface area is 171 Å². The fourth-order valence-corrected chi connectivity index (χ4v) is 2.56. The molecule has 1 aliphatic heterocycles. The first-order valence-corrected chi connectivity index (χ1v) is 9.22. The molecule has 0 spiro atoms. The molecule has 0 fully saturated rings. The molecule has 1 aromatic heterocycles. The van der Waals surface area contributed by atoms with Crippen molar-refractivity contribution >= 4 is 6.03 Å². The quantitative estimate of drug-likeness (QED) is 0.694. The van der Waals surface area contributed by atoms with Crippen LogP contribution in [0.25, 0.3) is 11.1 Å². The average Bonchev–Trinajstić information content (AvgIpc) is 3.13. The maximum atomic E-state index is 12.4. The standard InChI is InChI=1S/C18H17F3N4O3.C2H6/c1-11-10-27-16(24-11)8-23-17(26)25-9-13(4-7-15(25)22)12-2-5-14(6-3-12)28-18(19,20)21;1-2/h2-7,9-10,16,22,24H,8H2,1H3,(H,23,26);1-2H3. The Bertz CT molecular complexity index is 953. The summed E-state index contributed by atoms with van der Waals surface area (Å²) in [7, 11) is 0. The van der Waals surface area contributed by atoms with Gasteiger partial charge in [0.2, 0.25) is 0 Å². The number of rotatable bonds is 4. The Hall–Kier alpha value is -3.43. The largest absolute Gasteiger partial charge is 0.573 e. The summed E-state index contributed by atoms with van der Waals surface area (Å²) in [6.45, 7) is 6.01. The number of carbonyl (C=O) groups is 1. The summed E-state index contributed by atoms with van der Waals surface area (Å²) in [5.74, 6) is -0.341. The van der Waals surface area contributed by atoms with Crippen LogP contribution in [-0.2, 0) is 4.74 Å². The number of nitrogens with zero attached hydrogens (tertiary/aromatic N) is 1. The number of carbonyl (C=O) groups excluding carboxylic acids is 1. The van der Waals surface area contributed by atoms with E-state index >= 15 is 0 Å². The average molecular weight is 424 g/mol. The molecule has 1 aromatic carbocycles. The highest BCUT2D eigenvalue weighted by atomic mass is 19.4. The zero-order valence-electron chi connectivity index (χ0n) is 16.7. The summed E-state index contributed by atoms with van der Waals surface area (Å²) in [4.78, 5) is 12.4. The molecule has 3 N–H and O–H groups in total. The molecular formula is C20H23F3N4O3. The fourth-order valence-electron chi connectivity index (χ4n) is 2.56. The van der Waals surface area contributed by atoms with Crippen LogP contribution in [0.3, 0.4) is 0 Å². The van der Waals surface area contributed by atoms with Gasteiger partial charge in [-0.1, -0.05) is 26.0 Å². The number of ether oxygens (including phenoxy) is 2. The minimum Gasteiger partial charge on any atom is -0.475 e. The van der Waals surface area contributed by atoms with Gasteiger partial charge in [0.25, 0.3) is 0 Å². The summed E-state index contributed by atoms with van der Waals surface area (Å²) in [6.07, 6.45) is -2.17. The number of halogens is 3. The molecule has 0 radical (unpaired) electrons. The molecule has 3 rings (SSSR count). The molecule has 2 aromatic rings. The van der Waals surface area contributed by atoms with Crippen molar-refractivity contribution in [3.63, 3.8) is 0 Å². The monoisotopic (exact) mass is 424 g/mol. The predicted octanol–water partition coefficient (Wildman–Crippen LogP) is 3.92. The lowest BCUT2D eigenvalue weighted by Gasteiger charge is -2.15. The first kappa shape index (κ1) is 22.9. The molecular weight excluding hydrogens is 401 g/mol. The second-order valence-corrected chi connectivity index (χ2v) is 6.00. The maximum Gasteiger partial charge on any atom is 0.573 e. The van der Waals surface area contributed by atoms with E-state index in [0.717, 1.165) is 10.3 Å². The Morgan fingerprint density at radius 2 is 1.83 bits per heavy atom. The van der Waals surface area contributed by atoms with Gasteiger partial charge in [-0.15, -0.1) is 13.2 Å². The summed E-state index contributed by atoms with van der Waals surface area (Å²) >= 11 is 0. The van der Waals surface area contributed by atoms with Crippen molar-refractivity contribution in [2.45, 2.75) is 33.4 Å². The van der Waals surface area contributed by atoms with Crippen molar-refractivity contribution in [2.24, 2.45) is 0 Å².